The predicted molar refractivity (Wildman–Crippen MR) is 92.2 cm³/mol. The van der Waals surface area contributed by atoms with Crippen molar-refractivity contribution >= 4 is 17.6 Å². The van der Waals surface area contributed by atoms with Crippen LogP contribution in [-0.4, -0.2) is 56.7 Å². The fraction of sp³-hybridized carbons (Fsp3) is 0.444. The summed E-state index contributed by atoms with van der Waals surface area (Å²) in [6, 6.07) is 7.88. The van der Waals surface area contributed by atoms with Gasteiger partial charge in [0.25, 0.3) is 5.91 Å². The van der Waals surface area contributed by atoms with Gasteiger partial charge in [-0.2, -0.15) is 0 Å². The molecule has 0 radical (unpaired) electrons. The number of hydrogen-bond donors (Lipinski definition) is 0. The molecule has 0 spiro atoms. The van der Waals surface area contributed by atoms with Crippen molar-refractivity contribution in [2.24, 2.45) is 0 Å². The zero-order valence-corrected chi connectivity index (χ0v) is 14.4. The Morgan fingerprint density at radius 1 is 1.08 bits per heavy atom. The summed E-state index contributed by atoms with van der Waals surface area (Å²) in [7, 11) is 1.64. The van der Waals surface area contributed by atoms with Crippen molar-refractivity contribution in [3.05, 3.63) is 35.9 Å². The third-order valence-corrected chi connectivity index (χ3v) is 3.81. The number of hydrogen-bond acceptors (Lipinski definition) is 5. The van der Waals surface area contributed by atoms with Crippen LogP contribution in [0.5, 0.6) is 5.75 Å². The predicted octanol–water partition coefficient (Wildman–Crippen LogP) is 1.85. The number of carbonyl (C=O) groups excluding carboxylic acids is 2. The van der Waals surface area contributed by atoms with Crippen molar-refractivity contribution < 1.29 is 19.1 Å². The minimum atomic E-state index is -0.472. The maximum atomic E-state index is 12.1. The summed E-state index contributed by atoms with van der Waals surface area (Å²) in [5.41, 5.74) is 1.96. The number of nitrogens with zero attached hydrogens (tertiary/aromatic N) is 2. The van der Waals surface area contributed by atoms with E-state index < -0.39 is 5.97 Å². The molecular formula is C18H24N2O4. The Kier molecular flexibility index (Phi) is 6.23. The fourth-order valence-electron chi connectivity index (χ4n) is 2.51. The van der Waals surface area contributed by atoms with Gasteiger partial charge in [-0.25, -0.2) is 4.79 Å². The zero-order valence-electron chi connectivity index (χ0n) is 14.4. The fourth-order valence-corrected chi connectivity index (χ4v) is 2.51. The van der Waals surface area contributed by atoms with Gasteiger partial charge in [-0.05, 0) is 38.1 Å². The lowest BCUT2D eigenvalue weighted by atomic mass is 10.2. The first-order valence-electron chi connectivity index (χ1n) is 7.98. The number of esters is 1. The van der Waals surface area contributed by atoms with E-state index in [1.807, 2.05) is 38.1 Å². The molecule has 1 heterocycles. The number of anilines is 1. The van der Waals surface area contributed by atoms with Crippen LogP contribution in [0, 0.1) is 0 Å². The number of carbonyl (C=O) groups is 2. The van der Waals surface area contributed by atoms with Gasteiger partial charge >= 0.3 is 5.97 Å². The molecule has 24 heavy (non-hydrogen) atoms. The second kappa shape index (κ2) is 8.38. The summed E-state index contributed by atoms with van der Waals surface area (Å²) < 4.78 is 10.1. The second-order valence-electron chi connectivity index (χ2n) is 5.90. The van der Waals surface area contributed by atoms with Gasteiger partial charge in [0.15, 0.2) is 6.61 Å². The highest BCUT2D eigenvalue weighted by Gasteiger charge is 2.22. The molecule has 0 aliphatic carbocycles. The van der Waals surface area contributed by atoms with Crippen molar-refractivity contribution in [1.82, 2.24) is 4.90 Å². The maximum absolute atomic E-state index is 12.1. The van der Waals surface area contributed by atoms with Gasteiger partial charge in [0, 0.05) is 37.9 Å². The standard InChI is InChI=1S/C18H24N2O4/c1-14(2)12-18(22)24-13-17(21)20-10-8-19(9-11-20)15-4-6-16(23-3)7-5-15/h4-7,12H,8-11,13H2,1-3H3. The minimum Gasteiger partial charge on any atom is -0.497 e. The van der Waals surface area contributed by atoms with Gasteiger partial charge in [-0.3, -0.25) is 4.79 Å². The first-order chi connectivity index (χ1) is 11.5. The molecule has 1 aromatic carbocycles. The molecule has 6 heteroatoms. The minimum absolute atomic E-state index is 0.153. The van der Waals surface area contributed by atoms with E-state index >= 15 is 0 Å². The van der Waals surface area contributed by atoms with E-state index in [9.17, 15) is 9.59 Å². The smallest absolute Gasteiger partial charge is 0.331 e. The van der Waals surface area contributed by atoms with Gasteiger partial charge < -0.3 is 19.3 Å². The SMILES string of the molecule is COc1ccc(N2CCN(C(=O)COC(=O)C=C(C)C)CC2)cc1. The normalized spacial score (nSPS) is 14.1. The van der Waals surface area contributed by atoms with Crippen LogP contribution in [0.25, 0.3) is 0 Å². The average molecular weight is 332 g/mol. The molecule has 130 valence electrons. The van der Waals surface area contributed by atoms with Crippen molar-refractivity contribution in [3.63, 3.8) is 0 Å². The van der Waals surface area contributed by atoms with Crippen LogP contribution in [-0.2, 0) is 14.3 Å². The number of methoxy groups -OCH3 is 1. The van der Waals surface area contributed by atoms with Crippen LogP contribution in [0.4, 0.5) is 5.69 Å². The molecule has 0 atom stereocenters. The second-order valence-corrected chi connectivity index (χ2v) is 5.90. The highest BCUT2D eigenvalue weighted by molar-refractivity contribution is 5.86. The molecule has 0 saturated carbocycles. The van der Waals surface area contributed by atoms with Gasteiger partial charge in [-0.15, -0.1) is 0 Å². The highest BCUT2D eigenvalue weighted by atomic mass is 16.5. The lowest BCUT2D eigenvalue weighted by Crippen LogP contribution is -2.49. The summed E-state index contributed by atoms with van der Waals surface area (Å²) in [6.07, 6.45) is 1.38. The molecule has 0 aromatic heterocycles. The lowest BCUT2D eigenvalue weighted by molar-refractivity contribution is -0.148. The number of allylic oxidation sites excluding steroid dienone is 1. The Balaban J connectivity index is 1.80. The van der Waals surface area contributed by atoms with E-state index in [0.717, 1.165) is 30.1 Å². The van der Waals surface area contributed by atoms with Crippen molar-refractivity contribution in [2.75, 3.05) is 44.8 Å². The third kappa shape index (κ3) is 5.01. The van der Waals surface area contributed by atoms with E-state index in [-0.39, 0.29) is 12.5 Å². The van der Waals surface area contributed by atoms with Gasteiger partial charge in [0.1, 0.15) is 5.75 Å². The quantitative estimate of drug-likeness (QED) is 0.608. The molecule has 1 aromatic rings. The largest absolute Gasteiger partial charge is 0.497 e. The average Bonchev–Trinajstić information content (AvgIpc) is 2.59. The molecule has 1 amide bonds. The third-order valence-electron chi connectivity index (χ3n) is 3.81. The Morgan fingerprint density at radius 2 is 1.71 bits per heavy atom. The van der Waals surface area contributed by atoms with Crippen LogP contribution in [0.1, 0.15) is 13.8 Å². The molecule has 0 bridgehead atoms. The molecule has 1 aliphatic rings. The molecule has 2 rings (SSSR count). The van der Waals surface area contributed by atoms with Crippen LogP contribution < -0.4 is 9.64 Å². The molecular weight excluding hydrogens is 308 g/mol. The number of amides is 1. The summed E-state index contributed by atoms with van der Waals surface area (Å²) in [4.78, 5) is 27.5. The van der Waals surface area contributed by atoms with E-state index in [4.69, 9.17) is 9.47 Å². The Hall–Kier alpha value is -2.50. The molecule has 6 nitrogen and oxygen atoms in total. The Morgan fingerprint density at radius 3 is 2.25 bits per heavy atom. The van der Waals surface area contributed by atoms with Crippen LogP contribution >= 0.6 is 0 Å². The van der Waals surface area contributed by atoms with Crippen molar-refractivity contribution in [1.29, 1.82) is 0 Å². The van der Waals surface area contributed by atoms with Crippen molar-refractivity contribution in [3.8, 4) is 5.75 Å². The molecule has 1 saturated heterocycles. The lowest BCUT2D eigenvalue weighted by Gasteiger charge is -2.36. The first-order valence-corrected chi connectivity index (χ1v) is 7.98. The molecule has 0 N–H and O–H groups in total. The molecule has 1 aliphatic heterocycles. The summed E-state index contributed by atoms with van der Waals surface area (Å²) in [6.45, 7) is 6.14. The Bertz CT molecular complexity index is 598. The van der Waals surface area contributed by atoms with Gasteiger partial charge in [-0.1, -0.05) is 5.57 Å². The first kappa shape index (κ1) is 17.8. The van der Waals surface area contributed by atoms with E-state index in [0.29, 0.717) is 13.1 Å². The maximum Gasteiger partial charge on any atom is 0.331 e. The van der Waals surface area contributed by atoms with Gasteiger partial charge in [0.05, 0.1) is 7.11 Å². The summed E-state index contributed by atoms with van der Waals surface area (Å²) in [5, 5.41) is 0. The number of rotatable bonds is 5. The number of benzene rings is 1. The van der Waals surface area contributed by atoms with Crippen LogP contribution in [0.3, 0.4) is 0 Å². The van der Waals surface area contributed by atoms with Crippen LogP contribution in [0.15, 0.2) is 35.9 Å². The summed E-state index contributed by atoms with van der Waals surface area (Å²) >= 11 is 0. The zero-order chi connectivity index (χ0) is 17.5. The highest BCUT2D eigenvalue weighted by Crippen LogP contribution is 2.20. The number of ether oxygens (including phenoxy) is 2. The van der Waals surface area contributed by atoms with E-state index in [1.165, 1.54) is 6.08 Å². The van der Waals surface area contributed by atoms with Crippen LogP contribution in [0.2, 0.25) is 0 Å². The number of piperazine rings is 1. The summed E-state index contributed by atoms with van der Waals surface area (Å²) in [5.74, 6) is 0.200. The Labute approximate surface area is 142 Å². The van der Waals surface area contributed by atoms with E-state index in [1.54, 1.807) is 12.0 Å². The topological polar surface area (TPSA) is 59.1 Å². The van der Waals surface area contributed by atoms with Gasteiger partial charge in [0.2, 0.25) is 0 Å². The van der Waals surface area contributed by atoms with E-state index in [2.05, 4.69) is 4.90 Å². The molecule has 1 fully saturated rings. The monoisotopic (exact) mass is 332 g/mol. The van der Waals surface area contributed by atoms with Crippen molar-refractivity contribution in [2.45, 2.75) is 13.8 Å². The molecule has 0 unspecified atom stereocenters.